The van der Waals surface area contributed by atoms with Gasteiger partial charge in [-0.1, -0.05) is 115 Å². The van der Waals surface area contributed by atoms with Gasteiger partial charge in [0.1, 0.15) is 22.3 Å². The molecule has 0 bridgehead atoms. The van der Waals surface area contributed by atoms with Crippen LogP contribution in [0.1, 0.15) is 0 Å². The van der Waals surface area contributed by atoms with Crippen LogP contribution in [0.15, 0.2) is 185 Å². The zero-order valence-corrected chi connectivity index (χ0v) is 26.5. The SMILES string of the molecule is c1ccc2cc(N(c3ccc(-c4ccc5oc6ccccc6c5c4)cc3)c3ccc(-c4cccc5c4oc4ccccc45)cc3)ccc2c1. The van der Waals surface area contributed by atoms with Crippen LogP contribution in [-0.4, -0.2) is 0 Å². The van der Waals surface area contributed by atoms with Crippen LogP contribution in [0, 0.1) is 0 Å². The molecular weight excluding hydrogens is 599 g/mol. The van der Waals surface area contributed by atoms with Gasteiger partial charge in [0.05, 0.1) is 0 Å². The zero-order chi connectivity index (χ0) is 32.3. The van der Waals surface area contributed by atoms with Crippen molar-refractivity contribution in [1.29, 1.82) is 0 Å². The predicted octanol–water partition coefficient (Wildman–Crippen LogP) is 13.4. The summed E-state index contributed by atoms with van der Waals surface area (Å²) in [7, 11) is 0. The Balaban J connectivity index is 1.06. The first-order chi connectivity index (χ1) is 24.3. The Hall–Kier alpha value is -6.58. The van der Waals surface area contributed by atoms with E-state index in [4.69, 9.17) is 8.83 Å². The molecule has 0 spiro atoms. The van der Waals surface area contributed by atoms with E-state index in [1.165, 1.54) is 10.8 Å². The van der Waals surface area contributed by atoms with E-state index in [1.807, 2.05) is 24.3 Å². The van der Waals surface area contributed by atoms with Crippen LogP contribution in [-0.2, 0) is 0 Å². The van der Waals surface area contributed by atoms with Crippen LogP contribution >= 0.6 is 0 Å². The van der Waals surface area contributed by atoms with Gasteiger partial charge in [-0.25, -0.2) is 0 Å². The Morgan fingerprint density at radius 3 is 1.67 bits per heavy atom. The molecule has 0 radical (unpaired) electrons. The monoisotopic (exact) mass is 627 g/mol. The minimum atomic E-state index is 0.907. The molecule has 49 heavy (non-hydrogen) atoms. The summed E-state index contributed by atoms with van der Waals surface area (Å²) in [4.78, 5) is 2.33. The van der Waals surface area contributed by atoms with Gasteiger partial charge >= 0.3 is 0 Å². The number of hydrogen-bond donors (Lipinski definition) is 0. The van der Waals surface area contributed by atoms with Crippen LogP contribution in [0.25, 0.3) is 76.9 Å². The summed E-state index contributed by atoms with van der Waals surface area (Å²) < 4.78 is 12.4. The lowest BCUT2D eigenvalue weighted by Gasteiger charge is -2.26. The Labute approximate surface area is 282 Å². The van der Waals surface area contributed by atoms with Crippen molar-refractivity contribution in [3.05, 3.63) is 176 Å². The Morgan fingerprint density at radius 1 is 0.327 bits per heavy atom. The molecule has 0 fully saturated rings. The minimum absolute atomic E-state index is 0.907. The number of hydrogen-bond acceptors (Lipinski definition) is 3. The number of fused-ring (bicyclic) bond motifs is 7. The topological polar surface area (TPSA) is 29.5 Å². The number of para-hydroxylation sites is 3. The molecule has 0 saturated carbocycles. The maximum atomic E-state index is 6.37. The van der Waals surface area contributed by atoms with Crippen molar-refractivity contribution in [3.8, 4) is 22.3 Å². The molecule has 2 heterocycles. The van der Waals surface area contributed by atoms with Gasteiger partial charge in [-0.2, -0.15) is 0 Å². The highest BCUT2D eigenvalue weighted by atomic mass is 16.3. The van der Waals surface area contributed by atoms with Gasteiger partial charge < -0.3 is 13.7 Å². The van der Waals surface area contributed by atoms with E-state index in [2.05, 4.69) is 157 Å². The average Bonchev–Trinajstić information content (AvgIpc) is 3.74. The number of anilines is 3. The number of benzene rings is 8. The van der Waals surface area contributed by atoms with Crippen molar-refractivity contribution in [2.45, 2.75) is 0 Å². The molecule has 0 unspecified atom stereocenters. The van der Waals surface area contributed by atoms with Gasteiger partial charge in [-0.05, 0) is 88.1 Å². The lowest BCUT2D eigenvalue weighted by molar-refractivity contribution is 0.669. The predicted molar refractivity (Wildman–Crippen MR) is 204 cm³/mol. The van der Waals surface area contributed by atoms with Gasteiger partial charge in [0.2, 0.25) is 0 Å². The van der Waals surface area contributed by atoms with E-state index >= 15 is 0 Å². The molecule has 10 rings (SSSR count). The molecule has 10 aromatic rings. The van der Waals surface area contributed by atoms with Crippen molar-refractivity contribution in [3.63, 3.8) is 0 Å². The zero-order valence-electron chi connectivity index (χ0n) is 26.5. The third-order valence-electron chi connectivity index (χ3n) is 9.67. The Kier molecular flexibility index (Phi) is 6.18. The van der Waals surface area contributed by atoms with Crippen molar-refractivity contribution in [1.82, 2.24) is 0 Å². The smallest absolute Gasteiger partial charge is 0.143 e. The third-order valence-corrected chi connectivity index (χ3v) is 9.67. The van der Waals surface area contributed by atoms with Crippen LogP contribution < -0.4 is 4.90 Å². The molecule has 2 aromatic heterocycles. The molecule has 0 aliphatic heterocycles. The molecule has 0 amide bonds. The number of nitrogens with zero attached hydrogens (tertiary/aromatic N) is 1. The molecular formula is C46H29NO2. The Bertz CT molecular complexity index is 2820. The lowest BCUT2D eigenvalue weighted by atomic mass is 10.0. The second kappa shape index (κ2) is 11.0. The summed E-state index contributed by atoms with van der Waals surface area (Å²) in [5, 5.41) is 6.97. The van der Waals surface area contributed by atoms with Gasteiger partial charge in [-0.3, -0.25) is 0 Å². The van der Waals surface area contributed by atoms with E-state index in [-0.39, 0.29) is 0 Å². The summed E-state index contributed by atoms with van der Waals surface area (Å²) in [6.07, 6.45) is 0. The highest BCUT2D eigenvalue weighted by Crippen LogP contribution is 2.40. The van der Waals surface area contributed by atoms with E-state index in [0.717, 1.165) is 83.2 Å². The summed E-state index contributed by atoms with van der Waals surface area (Å²) >= 11 is 0. The van der Waals surface area contributed by atoms with Gasteiger partial charge in [-0.15, -0.1) is 0 Å². The average molecular weight is 628 g/mol. The fourth-order valence-corrected chi connectivity index (χ4v) is 7.24. The minimum Gasteiger partial charge on any atom is -0.456 e. The molecule has 0 N–H and O–H groups in total. The van der Waals surface area contributed by atoms with E-state index in [9.17, 15) is 0 Å². The molecule has 230 valence electrons. The third kappa shape index (κ3) is 4.59. The van der Waals surface area contributed by atoms with Gasteiger partial charge in [0.15, 0.2) is 0 Å². The first-order valence-electron chi connectivity index (χ1n) is 16.6. The van der Waals surface area contributed by atoms with Gasteiger partial charge in [0.25, 0.3) is 0 Å². The lowest BCUT2D eigenvalue weighted by Crippen LogP contribution is -2.09. The molecule has 8 aromatic carbocycles. The van der Waals surface area contributed by atoms with E-state index in [0.29, 0.717) is 0 Å². The van der Waals surface area contributed by atoms with Crippen LogP contribution in [0.3, 0.4) is 0 Å². The molecule has 3 nitrogen and oxygen atoms in total. The van der Waals surface area contributed by atoms with Crippen molar-refractivity contribution >= 4 is 71.7 Å². The maximum Gasteiger partial charge on any atom is 0.143 e. The first kappa shape index (κ1) is 27.5. The maximum absolute atomic E-state index is 6.37. The van der Waals surface area contributed by atoms with Gasteiger partial charge in [0, 0.05) is 44.2 Å². The summed E-state index contributed by atoms with van der Waals surface area (Å²) in [6.45, 7) is 0. The first-order valence-corrected chi connectivity index (χ1v) is 16.6. The fourth-order valence-electron chi connectivity index (χ4n) is 7.24. The van der Waals surface area contributed by atoms with Crippen molar-refractivity contribution < 1.29 is 8.83 Å². The molecule has 0 aliphatic rings. The summed E-state index contributed by atoms with van der Waals surface area (Å²) in [6, 6.07) is 62.2. The van der Waals surface area contributed by atoms with Crippen molar-refractivity contribution in [2.24, 2.45) is 0 Å². The van der Waals surface area contributed by atoms with Crippen LogP contribution in [0.5, 0.6) is 0 Å². The normalized spacial score (nSPS) is 11.7. The summed E-state index contributed by atoms with van der Waals surface area (Å²) in [5.41, 5.74) is 11.4. The highest BCUT2D eigenvalue weighted by Gasteiger charge is 2.16. The molecule has 0 aliphatic carbocycles. The Morgan fingerprint density at radius 2 is 0.898 bits per heavy atom. The van der Waals surface area contributed by atoms with Crippen molar-refractivity contribution in [2.75, 3.05) is 4.90 Å². The van der Waals surface area contributed by atoms with E-state index < -0.39 is 0 Å². The highest BCUT2D eigenvalue weighted by molar-refractivity contribution is 6.10. The number of furan rings is 2. The molecule has 3 heteroatoms. The molecule has 0 atom stereocenters. The number of rotatable bonds is 5. The second-order valence-electron chi connectivity index (χ2n) is 12.6. The standard InChI is InChI=1S/C46H29NO2/c1-2-9-33-28-37(26-18-30(33)8-1)47(35-22-16-31(17-23-35)34-21-27-45-42(29-34)40-11-4-5-14-43(40)48-45)36-24-19-32(20-25-36)38-12-7-13-41-39-10-3-6-15-44(39)49-46(38)41/h1-29H. The largest absolute Gasteiger partial charge is 0.456 e. The second-order valence-corrected chi connectivity index (χ2v) is 12.6. The van der Waals surface area contributed by atoms with Crippen LogP contribution in [0.4, 0.5) is 17.1 Å². The quantitative estimate of drug-likeness (QED) is 0.190. The fraction of sp³-hybridized carbons (Fsp3) is 0. The van der Waals surface area contributed by atoms with Crippen LogP contribution in [0.2, 0.25) is 0 Å². The summed E-state index contributed by atoms with van der Waals surface area (Å²) in [5.74, 6) is 0. The van der Waals surface area contributed by atoms with E-state index in [1.54, 1.807) is 0 Å². The molecule has 0 saturated heterocycles.